The Kier molecular flexibility index (Phi) is 6.23. The number of fused-ring (bicyclic) bond motifs is 2. The minimum Gasteiger partial charge on any atom is -0.460 e. The van der Waals surface area contributed by atoms with Gasteiger partial charge in [0.2, 0.25) is 0 Å². The number of hydrogen-bond donors (Lipinski definition) is 1. The number of benzene rings is 3. The fraction of sp³-hybridized carbons (Fsp3) is 0.296. The van der Waals surface area contributed by atoms with Crippen LogP contribution in [0, 0.1) is 5.92 Å². The molecular formula is C27H25Cl2NO2. The molecule has 0 saturated heterocycles. The number of carbonyl (C=O) groups excluding carboxylic acids is 1. The van der Waals surface area contributed by atoms with Crippen molar-refractivity contribution >= 4 is 50.7 Å². The molecule has 1 aliphatic carbocycles. The van der Waals surface area contributed by atoms with Crippen molar-refractivity contribution in [3.05, 3.63) is 82.0 Å². The Balaban J connectivity index is 1.11. The van der Waals surface area contributed by atoms with Crippen molar-refractivity contribution in [2.45, 2.75) is 44.7 Å². The molecule has 1 aliphatic rings. The van der Waals surface area contributed by atoms with Gasteiger partial charge in [-0.1, -0.05) is 41.4 Å². The Morgan fingerprint density at radius 3 is 2.53 bits per heavy atom. The van der Waals surface area contributed by atoms with Crippen molar-refractivity contribution in [3.8, 4) is 0 Å². The average molecular weight is 466 g/mol. The number of halogens is 2. The fourth-order valence-corrected chi connectivity index (χ4v) is 5.15. The summed E-state index contributed by atoms with van der Waals surface area (Å²) in [7, 11) is 0. The van der Waals surface area contributed by atoms with Crippen molar-refractivity contribution in [1.29, 1.82) is 0 Å². The van der Waals surface area contributed by atoms with Gasteiger partial charge < -0.3 is 9.73 Å². The quantitative estimate of drug-likeness (QED) is 0.283. The molecule has 0 radical (unpaired) electrons. The molecule has 1 heterocycles. The molecule has 1 N–H and O–H groups in total. The number of nitrogens with one attached hydrogen (secondary N) is 1. The minimum atomic E-state index is 0.221. The van der Waals surface area contributed by atoms with Crippen LogP contribution in [-0.2, 0) is 6.54 Å². The van der Waals surface area contributed by atoms with E-state index >= 15 is 0 Å². The van der Waals surface area contributed by atoms with E-state index in [0.717, 1.165) is 63.8 Å². The summed E-state index contributed by atoms with van der Waals surface area (Å²) in [5, 5.41) is 8.21. The lowest BCUT2D eigenvalue weighted by molar-refractivity contribution is 0.0974. The zero-order valence-electron chi connectivity index (χ0n) is 17.7. The monoisotopic (exact) mass is 465 g/mol. The number of ketones is 1. The third kappa shape index (κ3) is 4.85. The Bertz CT molecular complexity index is 1280. The molecule has 0 spiro atoms. The van der Waals surface area contributed by atoms with Crippen LogP contribution in [0.1, 0.15) is 48.2 Å². The summed E-state index contributed by atoms with van der Waals surface area (Å²) in [6.07, 6.45) is 4.95. The SMILES string of the molecule is O=C(CCC1CCC(NCc2cc3cc(Cl)ccc3o2)C1)c1ccc2cc(Cl)ccc2c1. The van der Waals surface area contributed by atoms with E-state index in [-0.39, 0.29) is 5.78 Å². The number of rotatable bonds is 7. The molecule has 2 unspecified atom stereocenters. The zero-order chi connectivity index (χ0) is 22.1. The van der Waals surface area contributed by atoms with Gasteiger partial charge in [0.05, 0.1) is 6.54 Å². The standard InChI is InChI=1S/C27H25Cl2NO2/c28-22-6-5-18-12-20(4-3-19(18)13-22)26(31)9-2-17-1-8-24(11-17)30-16-25-15-21-14-23(29)7-10-27(21)32-25/h3-7,10,12-15,17,24,30H,1-2,8-9,11,16H2. The van der Waals surface area contributed by atoms with Gasteiger partial charge in [0.25, 0.3) is 0 Å². The lowest BCUT2D eigenvalue weighted by atomic mass is 9.96. The van der Waals surface area contributed by atoms with E-state index in [0.29, 0.717) is 29.9 Å². The summed E-state index contributed by atoms with van der Waals surface area (Å²) >= 11 is 12.1. The topological polar surface area (TPSA) is 42.2 Å². The van der Waals surface area contributed by atoms with E-state index in [2.05, 4.69) is 11.4 Å². The first kappa shape index (κ1) is 21.5. The molecule has 3 nitrogen and oxygen atoms in total. The lowest BCUT2D eigenvalue weighted by Crippen LogP contribution is -2.25. The van der Waals surface area contributed by atoms with Crippen molar-refractivity contribution in [2.24, 2.45) is 5.92 Å². The van der Waals surface area contributed by atoms with Crippen molar-refractivity contribution in [3.63, 3.8) is 0 Å². The van der Waals surface area contributed by atoms with Gasteiger partial charge in [-0.2, -0.15) is 0 Å². The highest BCUT2D eigenvalue weighted by atomic mass is 35.5. The second-order valence-corrected chi connectivity index (χ2v) is 9.69. The van der Waals surface area contributed by atoms with Gasteiger partial charge >= 0.3 is 0 Å². The van der Waals surface area contributed by atoms with Crippen LogP contribution in [0.3, 0.4) is 0 Å². The number of carbonyl (C=O) groups is 1. The number of Topliss-reactive ketones (excluding diaryl/α,β-unsaturated/α-hetero) is 1. The smallest absolute Gasteiger partial charge is 0.162 e. The second kappa shape index (κ2) is 9.27. The molecule has 1 aromatic heterocycles. The highest BCUT2D eigenvalue weighted by molar-refractivity contribution is 6.31. The third-order valence-electron chi connectivity index (χ3n) is 6.54. The Hall–Kier alpha value is -2.33. The van der Waals surface area contributed by atoms with E-state index in [4.69, 9.17) is 27.6 Å². The molecule has 32 heavy (non-hydrogen) atoms. The normalized spacial score (nSPS) is 18.6. The maximum atomic E-state index is 12.7. The first-order valence-electron chi connectivity index (χ1n) is 11.2. The van der Waals surface area contributed by atoms with Gasteiger partial charge in [0.15, 0.2) is 5.78 Å². The van der Waals surface area contributed by atoms with Crippen LogP contribution in [0.15, 0.2) is 65.1 Å². The molecule has 0 aliphatic heterocycles. The zero-order valence-corrected chi connectivity index (χ0v) is 19.3. The first-order valence-corrected chi connectivity index (χ1v) is 11.9. The van der Waals surface area contributed by atoms with Gasteiger partial charge in [-0.25, -0.2) is 0 Å². The highest BCUT2D eigenvalue weighted by Gasteiger charge is 2.25. The molecule has 0 amide bonds. The van der Waals surface area contributed by atoms with Crippen LogP contribution in [0.2, 0.25) is 10.0 Å². The van der Waals surface area contributed by atoms with E-state index in [9.17, 15) is 4.79 Å². The summed E-state index contributed by atoms with van der Waals surface area (Å²) in [6, 6.07) is 19.9. The van der Waals surface area contributed by atoms with E-state index < -0.39 is 0 Å². The minimum absolute atomic E-state index is 0.221. The molecule has 2 atom stereocenters. The van der Waals surface area contributed by atoms with Gasteiger partial charge in [-0.15, -0.1) is 0 Å². The van der Waals surface area contributed by atoms with E-state index in [1.54, 1.807) is 0 Å². The van der Waals surface area contributed by atoms with Gasteiger partial charge in [0.1, 0.15) is 11.3 Å². The second-order valence-electron chi connectivity index (χ2n) is 8.82. The molecule has 5 rings (SSSR count). The molecular weight excluding hydrogens is 441 g/mol. The molecule has 4 aromatic rings. The summed E-state index contributed by atoms with van der Waals surface area (Å²) in [5.41, 5.74) is 1.66. The highest BCUT2D eigenvalue weighted by Crippen LogP contribution is 2.31. The Morgan fingerprint density at radius 1 is 0.906 bits per heavy atom. The van der Waals surface area contributed by atoms with Crippen LogP contribution in [0.4, 0.5) is 0 Å². The van der Waals surface area contributed by atoms with Crippen LogP contribution in [0.25, 0.3) is 21.7 Å². The summed E-state index contributed by atoms with van der Waals surface area (Å²) in [5.74, 6) is 1.74. The molecule has 1 saturated carbocycles. The largest absolute Gasteiger partial charge is 0.460 e. The van der Waals surface area contributed by atoms with Gasteiger partial charge in [-0.3, -0.25) is 4.79 Å². The molecule has 0 bridgehead atoms. The molecule has 5 heteroatoms. The lowest BCUT2D eigenvalue weighted by Gasteiger charge is -2.12. The predicted molar refractivity (Wildman–Crippen MR) is 132 cm³/mol. The average Bonchev–Trinajstić information content (AvgIpc) is 3.41. The van der Waals surface area contributed by atoms with E-state index in [1.165, 1.54) is 0 Å². The Morgan fingerprint density at radius 2 is 1.66 bits per heavy atom. The van der Waals surface area contributed by atoms with E-state index in [1.807, 2.05) is 54.6 Å². The number of furan rings is 1. The van der Waals surface area contributed by atoms with Crippen LogP contribution in [-0.4, -0.2) is 11.8 Å². The maximum absolute atomic E-state index is 12.7. The summed E-state index contributed by atoms with van der Waals surface area (Å²) in [6.45, 7) is 0.712. The predicted octanol–water partition coefficient (Wildman–Crippen LogP) is 7.81. The van der Waals surface area contributed by atoms with Crippen LogP contribution < -0.4 is 5.32 Å². The molecule has 3 aromatic carbocycles. The first-order chi connectivity index (χ1) is 15.5. The van der Waals surface area contributed by atoms with Crippen LogP contribution >= 0.6 is 23.2 Å². The van der Waals surface area contributed by atoms with Crippen molar-refractivity contribution in [2.75, 3.05) is 0 Å². The Labute approximate surface area is 197 Å². The number of hydrogen-bond acceptors (Lipinski definition) is 3. The summed E-state index contributed by atoms with van der Waals surface area (Å²) in [4.78, 5) is 12.7. The van der Waals surface area contributed by atoms with Crippen LogP contribution in [0.5, 0.6) is 0 Å². The van der Waals surface area contributed by atoms with Crippen molar-refractivity contribution in [1.82, 2.24) is 5.32 Å². The molecule has 1 fully saturated rings. The van der Waals surface area contributed by atoms with Crippen molar-refractivity contribution < 1.29 is 9.21 Å². The fourth-order valence-electron chi connectivity index (χ4n) is 4.79. The third-order valence-corrected chi connectivity index (χ3v) is 7.01. The van der Waals surface area contributed by atoms with Gasteiger partial charge in [0, 0.05) is 33.5 Å². The summed E-state index contributed by atoms with van der Waals surface area (Å²) < 4.78 is 5.90. The van der Waals surface area contributed by atoms with Gasteiger partial charge in [-0.05, 0) is 84.8 Å². The molecule has 164 valence electrons. The maximum Gasteiger partial charge on any atom is 0.162 e.